The Kier molecular flexibility index (Phi) is 4.74. The van der Waals surface area contributed by atoms with Gasteiger partial charge in [-0.3, -0.25) is 13.6 Å². The molecule has 0 N–H and O–H groups in total. The number of rotatable bonds is 2. The van der Waals surface area contributed by atoms with E-state index in [1.165, 1.54) is 0 Å². The van der Waals surface area contributed by atoms with Gasteiger partial charge in [0.15, 0.2) is 0 Å². The van der Waals surface area contributed by atoms with Gasteiger partial charge in [-0.25, -0.2) is 4.99 Å². The van der Waals surface area contributed by atoms with E-state index in [0.717, 1.165) is 15.9 Å². The van der Waals surface area contributed by atoms with Crippen LogP contribution in [0.3, 0.4) is 0 Å². The molecule has 1 aliphatic carbocycles. The molecule has 1 unspecified atom stereocenters. The lowest BCUT2D eigenvalue weighted by Crippen LogP contribution is -2.36. The van der Waals surface area contributed by atoms with Crippen LogP contribution in [0.2, 0.25) is 0 Å². The van der Waals surface area contributed by atoms with Crippen molar-refractivity contribution >= 4 is 24.8 Å². The molecule has 0 spiro atoms. The van der Waals surface area contributed by atoms with E-state index >= 15 is 0 Å². The number of para-hydroxylation sites is 1. The van der Waals surface area contributed by atoms with Crippen LogP contribution < -0.4 is 4.81 Å². The number of fused-ring (bicyclic) bond motifs is 1. The number of halogens is 2. The van der Waals surface area contributed by atoms with Crippen LogP contribution in [0.5, 0.6) is 0 Å². The lowest BCUT2D eigenvalue weighted by atomic mass is 9.96. The topological polar surface area (TPSA) is 28.0 Å². The van der Waals surface area contributed by atoms with E-state index in [0.29, 0.717) is 23.8 Å². The van der Waals surface area contributed by atoms with Crippen molar-refractivity contribution in [3.05, 3.63) is 65.8 Å². The van der Waals surface area contributed by atoms with Crippen LogP contribution in [0.25, 0.3) is 0 Å². The summed E-state index contributed by atoms with van der Waals surface area (Å²) < 4.78 is 27.0. The Morgan fingerprint density at radius 1 is 1.29 bits per heavy atom. The van der Waals surface area contributed by atoms with Crippen molar-refractivity contribution in [3.8, 4) is 0 Å². The average Bonchev–Trinajstić information content (AvgIpc) is 2.94. The highest BCUT2D eigenvalue weighted by Gasteiger charge is 2.36. The number of allylic oxidation sites excluding steroid dienone is 5. The van der Waals surface area contributed by atoms with Crippen LogP contribution in [-0.4, -0.2) is 26.1 Å². The Morgan fingerprint density at radius 2 is 2.08 bits per heavy atom. The van der Waals surface area contributed by atoms with E-state index in [2.05, 4.69) is 23.0 Å². The largest absolute Gasteiger partial charge is 0.679 e. The summed E-state index contributed by atoms with van der Waals surface area (Å²) >= 11 is 0. The Labute approximate surface area is 141 Å². The number of benzene rings is 1. The van der Waals surface area contributed by atoms with Gasteiger partial charge < -0.3 is 4.81 Å². The lowest BCUT2D eigenvalue weighted by Gasteiger charge is -2.17. The maximum absolute atomic E-state index is 13.5. The minimum absolute atomic E-state index is 0.249. The second kappa shape index (κ2) is 6.95. The Balaban J connectivity index is 1.93. The van der Waals surface area contributed by atoms with E-state index in [-0.39, 0.29) is 5.92 Å². The molecule has 0 saturated heterocycles. The average molecular weight is 325 g/mol. The zero-order valence-corrected chi connectivity index (χ0v) is 13.7. The first-order valence-electron chi connectivity index (χ1n) is 7.86. The molecule has 0 amide bonds. The third-order valence-electron chi connectivity index (χ3n) is 4.17. The van der Waals surface area contributed by atoms with Crippen LogP contribution >= 0.6 is 0 Å². The summed E-state index contributed by atoms with van der Waals surface area (Å²) in [4.78, 5) is 9.56. The van der Waals surface area contributed by atoms with Gasteiger partial charge in [0, 0.05) is 19.2 Å². The van der Waals surface area contributed by atoms with E-state index in [1.807, 2.05) is 36.4 Å². The van der Waals surface area contributed by atoms with Gasteiger partial charge in [-0.15, -0.1) is 0 Å². The normalized spacial score (nSPS) is 23.2. The van der Waals surface area contributed by atoms with Gasteiger partial charge in [-0.2, -0.15) is 0 Å². The molecule has 0 fully saturated rings. The van der Waals surface area contributed by atoms with E-state index in [4.69, 9.17) is 0 Å². The number of amidine groups is 2. The summed E-state index contributed by atoms with van der Waals surface area (Å²) in [6.07, 6.45) is 10.2. The third kappa shape index (κ3) is 3.23. The van der Waals surface area contributed by atoms with Crippen LogP contribution in [-0.2, 0) is 6.42 Å². The van der Waals surface area contributed by atoms with Crippen molar-refractivity contribution in [1.29, 1.82) is 0 Å². The standard InChI is InChI=1S/C18H18BF2N3/c1-13-7-3-4-8-14(13)11-17(22-2)23-18-12-15-9-5-6-10-16(15)24(18)19(20)21/h3-11,13H,12H2,1-2H3/b14-11-,22-17?,23-18?. The molecule has 3 nitrogen and oxygen atoms in total. The first kappa shape index (κ1) is 16.4. The molecule has 2 aliphatic rings. The van der Waals surface area contributed by atoms with Crippen LogP contribution in [0.15, 0.2) is 70.2 Å². The predicted octanol–water partition coefficient (Wildman–Crippen LogP) is 4.09. The smallest absolute Gasteiger partial charge is 0.313 e. The zero-order valence-electron chi connectivity index (χ0n) is 13.7. The van der Waals surface area contributed by atoms with Crippen LogP contribution in [0.4, 0.5) is 14.3 Å². The molecule has 1 atom stereocenters. The zero-order chi connectivity index (χ0) is 17.1. The number of nitrogens with zero attached hydrogens (tertiary/aromatic N) is 3. The third-order valence-corrected chi connectivity index (χ3v) is 4.17. The monoisotopic (exact) mass is 325 g/mol. The Hall–Kier alpha value is -2.50. The molecule has 0 saturated carbocycles. The summed E-state index contributed by atoms with van der Waals surface area (Å²) in [5, 5.41) is 0. The second-order valence-electron chi connectivity index (χ2n) is 5.74. The molecule has 0 bridgehead atoms. The fraction of sp³-hybridized carbons (Fsp3) is 0.222. The van der Waals surface area contributed by atoms with Crippen molar-refractivity contribution < 1.29 is 8.63 Å². The molecule has 1 heterocycles. The minimum atomic E-state index is -2.63. The highest BCUT2D eigenvalue weighted by Crippen LogP contribution is 2.31. The van der Waals surface area contributed by atoms with E-state index in [1.54, 1.807) is 19.2 Å². The Morgan fingerprint density at radius 3 is 2.79 bits per heavy atom. The van der Waals surface area contributed by atoms with Gasteiger partial charge in [0.1, 0.15) is 11.7 Å². The first-order valence-corrected chi connectivity index (χ1v) is 7.86. The minimum Gasteiger partial charge on any atom is -0.313 e. The molecule has 3 rings (SSSR count). The summed E-state index contributed by atoms with van der Waals surface area (Å²) in [6, 6.07) is 7.16. The highest BCUT2D eigenvalue weighted by atomic mass is 19.2. The van der Waals surface area contributed by atoms with Crippen LogP contribution in [0.1, 0.15) is 12.5 Å². The van der Waals surface area contributed by atoms with E-state index in [9.17, 15) is 8.63 Å². The first-order chi connectivity index (χ1) is 11.6. The van der Waals surface area contributed by atoms with Gasteiger partial charge in [-0.1, -0.05) is 49.4 Å². The summed E-state index contributed by atoms with van der Waals surface area (Å²) in [7, 11) is -1.01. The van der Waals surface area contributed by atoms with Gasteiger partial charge >= 0.3 is 7.40 Å². The maximum atomic E-state index is 13.5. The van der Waals surface area contributed by atoms with Gasteiger partial charge in [0.2, 0.25) is 0 Å². The van der Waals surface area contributed by atoms with Gasteiger partial charge in [0.05, 0.1) is 0 Å². The summed E-state index contributed by atoms with van der Waals surface area (Å²) in [5.74, 6) is 1.02. The molecule has 1 aliphatic heterocycles. The fourth-order valence-electron chi connectivity index (χ4n) is 2.87. The van der Waals surface area contributed by atoms with Crippen LogP contribution in [0, 0.1) is 5.92 Å². The quantitative estimate of drug-likeness (QED) is 0.457. The molecule has 1 aromatic rings. The molecule has 6 heteroatoms. The van der Waals surface area contributed by atoms with Crippen molar-refractivity contribution in [3.63, 3.8) is 0 Å². The highest BCUT2D eigenvalue weighted by molar-refractivity contribution is 6.56. The van der Waals surface area contributed by atoms with E-state index < -0.39 is 7.40 Å². The maximum Gasteiger partial charge on any atom is 0.679 e. The summed E-state index contributed by atoms with van der Waals surface area (Å²) in [6.45, 7) is 2.07. The SMILES string of the molecule is CN=C(/C=C1/C=CC=CC1C)N=C1Cc2ccccc2N1B(F)F. The van der Waals surface area contributed by atoms with Gasteiger partial charge in [-0.05, 0) is 29.2 Å². The number of aliphatic imine (C=N–C) groups is 2. The number of anilines is 1. The molecule has 1 aromatic carbocycles. The fourth-order valence-corrected chi connectivity index (χ4v) is 2.87. The number of hydrogen-bond donors (Lipinski definition) is 0. The molecule has 122 valence electrons. The predicted molar refractivity (Wildman–Crippen MR) is 96.9 cm³/mol. The molecule has 24 heavy (non-hydrogen) atoms. The number of hydrogen-bond acceptors (Lipinski definition) is 1. The summed E-state index contributed by atoms with van der Waals surface area (Å²) in [5.41, 5.74) is 2.43. The van der Waals surface area contributed by atoms with Crippen molar-refractivity contribution in [2.24, 2.45) is 15.9 Å². The molecule has 0 radical (unpaired) electrons. The second-order valence-corrected chi connectivity index (χ2v) is 5.74. The van der Waals surface area contributed by atoms with Crippen molar-refractivity contribution in [1.82, 2.24) is 0 Å². The molecule has 0 aromatic heterocycles. The van der Waals surface area contributed by atoms with Gasteiger partial charge in [0.25, 0.3) is 0 Å². The van der Waals surface area contributed by atoms with Crippen molar-refractivity contribution in [2.75, 3.05) is 11.9 Å². The van der Waals surface area contributed by atoms with Crippen molar-refractivity contribution in [2.45, 2.75) is 13.3 Å². The molecular formula is C18H18BF2N3. The Bertz CT molecular complexity index is 778. The lowest BCUT2D eigenvalue weighted by molar-refractivity contribution is 0.660. The molecular weight excluding hydrogens is 307 g/mol.